The molecule has 0 spiro atoms. The summed E-state index contributed by atoms with van der Waals surface area (Å²) in [7, 11) is 0. The molecule has 1 aromatic heterocycles. The molecule has 1 amide bonds. The summed E-state index contributed by atoms with van der Waals surface area (Å²) in [4.78, 5) is 14.4. The van der Waals surface area contributed by atoms with Crippen molar-refractivity contribution in [3.63, 3.8) is 0 Å². The van der Waals surface area contributed by atoms with Crippen molar-refractivity contribution in [2.45, 2.75) is 25.1 Å². The third-order valence-corrected chi connectivity index (χ3v) is 4.72. The summed E-state index contributed by atoms with van der Waals surface area (Å²) in [5.41, 5.74) is 0. The molecule has 140 valence electrons. The van der Waals surface area contributed by atoms with Crippen LogP contribution < -0.4 is 10.1 Å². The molecule has 2 N–H and O–H groups in total. The van der Waals surface area contributed by atoms with Crippen molar-refractivity contribution in [3.05, 3.63) is 47.7 Å². The van der Waals surface area contributed by atoms with Crippen molar-refractivity contribution in [1.82, 2.24) is 20.0 Å². The zero-order valence-electron chi connectivity index (χ0n) is 14.4. The number of para-hydroxylation sites is 1. The van der Waals surface area contributed by atoms with Crippen LogP contribution in [0.1, 0.15) is 6.42 Å². The Morgan fingerprint density at radius 1 is 1.35 bits per heavy atom. The summed E-state index contributed by atoms with van der Waals surface area (Å²) >= 11 is 6.01. The molecule has 1 aliphatic heterocycles. The molecule has 1 aromatic carbocycles. The number of aliphatic hydroxyl groups is 1. The fourth-order valence-corrected chi connectivity index (χ4v) is 3.17. The topological polar surface area (TPSA) is 79.6 Å². The SMILES string of the molecule is O=C(COc1ccccc1Cl)N[C@@H]1CN(CCn2cccn2)CC[C@H]1O. The normalized spacial score (nSPS) is 20.7. The highest BCUT2D eigenvalue weighted by atomic mass is 35.5. The van der Waals surface area contributed by atoms with E-state index in [0.29, 0.717) is 23.7 Å². The number of amides is 1. The minimum absolute atomic E-state index is 0.139. The monoisotopic (exact) mass is 378 g/mol. The van der Waals surface area contributed by atoms with Gasteiger partial charge in [0.05, 0.1) is 23.7 Å². The Morgan fingerprint density at radius 3 is 2.96 bits per heavy atom. The average Bonchev–Trinajstić information content (AvgIpc) is 3.15. The Kier molecular flexibility index (Phi) is 6.49. The third-order valence-electron chi connectivity index (χ3n) is 4.41. The molecule has 7 nitrogen and oxygen atoms in total. The molecule has 1 saturated heterocycles. The first kappa shape index (κ1) is 18.7. The van der Waals surface area contributed by atoms with Gasteiger partial charge in [-0.05, 0) is 24.6 Å². The molecular formula is C18H23ClN4O3. The molecule has 1 aliphatic rings. The summed E-state index contributed by atoms with van der Waals surface area (Å²) in [6, 6.07) is 8.58. The minimum atomic E-state index is -0.555. The molecule has 1 fully saturated rings. The Labute approximate surface area is 157 Å². The fraction of sp³-hybridized carbons (Fsp3) is 0.444. The summed E-state index contributed by atoms with van der Waals surface area (Å²) < 4.78 is 7.32. The lowest BCUT2D eigenvalue weighted by molar-refractivity contribution is -0.125. The van der Waals surface area contributed by atoms with Crippen LogP contribution in [0.15, 0.2) is 42.7 Å². The standard InChI is InChI=1S/C18H23ClN4O3/c19-14-4-1-2-5-17(14)26-13-18(25)21-15-12-22(9-6-16(15)24)10-11-23-8-3-7-20-23/h1-5,7-8,15-16,24H,6,9-13H2,(H,21,25)/t15-,16-/m1/s1. The third kappa shape index (κ3) is 5.20. The lowest BCUT2D eigenvalue weighted by atomic mass is 10.0. The molecule has 0 unspecified atom stereocenters. The lowest BCUT2D eigenvalue weighted by Crippen LogP contribution is -2.56. The summed E-state index contributed by atoms with van der Waals surface area (Å²) in [6.45, 7) is 2.85. The van der Waals surface area contributed by atoms with E-state index in [-0.39, 0.29) is 18.6 Å². The number of likely N-dealkylation sites (tertiary alicyclic amines) is 1. The van der Waals surface area contributed by atoms with Gasteiger partial charge in [0.25, 0.3) is 5.91 Å². The molecule has 3 rings (SSSR count). The van der Waals surface area contributed by atoms with Crippen LogP contribution in [0.3, 0.4) is 0 Å². The van der Waals surface area contributed by atoms with Gasteiger partial charge in [-0.2, -0.15) is 5.10 Å². The van der Waals surface area contributed by atoms with E-state index in [4.69, 9.17) is 16.3 Å². The lowest BCUT2D eigenvalue weighted by Gasteiger charge is -2.36. The van der Waals surface area contributed by atoms with Crippen LogP contribution in [0, 0.1) is 0 Å². The first-order valence-electron chi connectivity index (χ1n) is 8.66. The molecule has 2 heterocycles. The van der Waals surface area contributed by atoms with Gasteiger partial charge in [-0.3, -0.25) is 14.4 Å². The number of hydrogen-bond acceptors (Lipinski definition) is 5. The predicted octanol–water partition coefficient (Wildman–Crippen LogP) is 1.17. The summed E-state index contributed by atoms with van der Waals surface area (Å²) in [5.74, 6) is 0.192. The highest BCUT2D eigenvalue weighted by molar-refractivity contribution is 6.32. The fourth-order valence-electron chi connectivity index (χ4n) is 2.98. The average molecular weight is 379 g/mol. The van der Waals surface area contributed by atoms with E-state index in [0.717, 1.165) is 19.6 Å². The van der Waals surface area contributed by atoms with E-state index in [1.807, 2.05) is 16.9 Å². The largest absolute Gasteiger partial charge is 0.482 e. The molecule has 2 atom stereocenters. The maximum Gasteiger partial charge on any atom is 0.258 e. The van der Waals surface area contributed by atoms with Crippen molar-refractivity contribution in [3.8, 4) is 5.75 Å². The minimum Gasteiger partial charge on any atom is -0.482 e. The predicted molar refractivity (Wildman–Crippen MR) is 98.2 cm³/mol. The Balaban J connectivity index is 1.46. The number of aromatic nitrogens is 2. The Hall–Kier alpha value is -2.09. The van der Waals surface area contributed by atoms with E-state index in [1.165, 1.54) is 0 Å². The number of hydrogen-bond donors (Lipinski definition) is 2. The molecular weight excluding hydrogens is 356 g/mol. The van der Waals surface area contributed by atoms with Gasteiger partial charge in [0, 0.05) is 32.0 Å². The van der Waals surface area contributed by atoms with Crippen LogP contribution in [0.4, 0.5) is 0 Å². The maximum absolute atomic E-state index is 12.2. The molecule has 8 heteroatoms. The van der Waals surface area contributed by atoms with Crippen LogP contribution in [0.2, 0.25) is 5.02 Å². The zero-order chi connectivity index (χ0) is 18.4. The number of carbonyl (C=O) groups excluding carboxylic acids is 1. The van der Waals surface area contributed by atoms with Crippen LogP contribution in [0.25, 0.3) is 0 Å². The molecule has 0 radical (unpaired) electrons. The molecule has 0 aliphatic carbocycles. The second-order valence-electron chi connectivity index (χ2n) is 6.32. The summed E-state index contributed by atoms with van der Waals surface area (Å²) in [6.07, 6.45) is 3.74. The second kappa shape index (κ2) is 9.02. The van der Waals surface area contributed by atoms with E-state index in [9.17, 15) is 9.90 Å². The van der Waals surface area contributed by atoms with E-state index in [1.54, 1.807) is 30.5 Å². The summed E-state index contributed by atoms with van der Waals surface area (Å²) in [5, 5.41) is 17.7. The number of halogens is 1. The molecule has 0 bridgehead atoms. The van der Waals surface area contributed by atoms with E-state index < -0.39 is 6.10 Å². The van der Waals surface area contributed by atoms with Gasteiger partial charge in [-0.1, -0.05) is 23.7 Å². The number of nitrogens with one attached hydrogen (secondary N) is 1. The number of piperidine rings is 1. The zero-order valence-corrected chi connectivity index (χ0v) is 15.2. The van der Waals surface area contributed by atoms with Crippen molar-refractivity contribution in [2.75, 3.05) is 26.2 Å². The molecule has 0 saturated carbocycles. The Bertz CT molecular complexity index is 710. The number of benzene rings is 1. The smallest absolute Gasteiger partial charge is 0.258 e. The maximum atomic E-state index is 12.2. The molecule has 2 aromatic rings. The highest BCUT2D eigenvalue weighted by Crippen LogP contribution is 2.22. The number of aliphatic hydroxyl groups excluding tert-OH is 1. The first-order chi connectivity index (χ1) is 12.6. The van der Waals surface area contributed by atoms with Gasteiger partial charge in [0.1, 0.15) is 5.75 Å². The van der Waals surface area contributed by atoms with Crippen LogP contribution in [-0.4, -0.2) is 64.1 Å². The van der Waals surface area contributed by atoms with Crippen molar-refractivity contribution in [1.29, 1.82) is 0 Å². The van der Waals surface area contributed by atoms with Gasteiger partial charge in [-0.25, -0.2) is 0 Å². The van der Waals surface area contributed by atoms with E-state index in [2.05, 4.69) is 15.3 Å². The van der Waals surface area contributed by atoms with Gasteiger partial charge in [0.2, 0.25) is 0 Å². The second-order valence-corrected chi connectivity index (χ2v) is 6.73. The van der Waals surface area contributed by atoms with Crippen molar-refractivity contribution in [2.24, 2.45) is 0 Å². The highest BCUT2D eigenvalue weighted by Gasteiger charge is 2.28. The van der Waals surface area contributed by atoms with Gasteiger partial charge >= 0.3 is 0 Å². The van der Waals surface area contributed by atoms with Gasteiger partial charge in [-0.15, -0.1) is 0 Å². The van der Waals surface area contributed by atoms with Crippen LogP contribution in [-0.2, 0) is 11.3 Å². The van der Waals surface area contributed by atoms with Gasteiger partial charge < -0.3 is 15.2 Å². The van der Waals surface area contributed by atoms with Crippen LogP contribution in [0.5, 0.6) is 5.75 Å². The van der Waals surface area contributed by atoms with E-state index >= 15 is 0 Å². The van der Waals surface area contributed by atoms with Gasteiger partial charge in [0.15, 0.2) is 6.61 Å². The van der Waals surface area contributed by atoms with Crippen LogP contribution >= 0.6 is 11.6 Å². The van der Waals surface area contributed by atoms with Crippen molar-refractivity contribution >= 4 is 17.5 Å². The first-order valence-corrected chi connectivity index (χ1v) is 9.04. The number of nitrogens with zero attached hydrogens (tertiary/aromatic N) is 3. The molecule has 26 heavy (non-hydrogen) atoms. The Morgan fingerprint density at radius 2 is 2.19 bits per heavy atom. The number of ether oxygens (including phenoxy) is 1. The number of carbonyl (C=O) groups is 1. The number of rotatable bonds is 7. The quantitative estimate of drug-likeness (QED) is 0.756. The van der Waals surface area contributed by atoms with Crippen molar-refractivity contribution < 1.29 is 14.6 Å².